The van der Waals surface area contributed by atoms with E-state index < -0.39 is 42.9 Å². The molecule has 3 N–H and O–H groups in total. The molecule has 0 saturated heterocycles. The first-order chi connectivity index (χ1) is 8.45. The number of aliphatic hydroxyl groups excluding tert-OH is 1. The smallest absolute Gasteiger partial charge is 0.406 e. The fourth-order valence-electron chi connectivity index (χ4n) is 1.29. The van der Waals surface area contributed by atoms with Crippen molar-refractivity contribution in [1.82, 2.24) is 10.2 Å². The third kappa shape index (κ3) is 6.27. The van der Waals surface area contributed by atoms with Gasteiger partial charge in [0.05, 0.1) is 6.10 Å². The molecule has 2 atom stereocenters. The van der Waals surface area contributed by atoms with E-state index in [0.29, 0.717) is 4.90 Å². The highest BCUT2D eigenvalue weighted by atomic mass is 19.4. The molecule has 6 nitrogen and oxygen atoms in total. The summed E-state index contributed by atoms with van der Waals surface area (Å²) in [5, 5.41) is 19.7. The van der Waals surface area contributed by atoms with E-state index in [1.54, 1.807) is 0 Å². The Bertz CT molecular complexity index is 331. The van der Waals surface area contributed by atoms with E-state index in [9.17, 15) is 22.8 Å². The molecule has 0 aliphatic heterocycles. The summed E-state index contributed by atoms with van der Waals surface area (Å²) in [6, 6.07) is -3.63. The highest BCUT2D eigenvalue weighted by Crippen LogP contribution is 2.18. The van der Waals surface area contributed by atoms with Gasteiger partial charge in [0.2, 0.25) is 0 Å². The second kappa shape index (κ2) is 6.60. The van der Waals surface area contributed by atoms with E-state index >= 15 is 0 Å². The second-order valence-corrected chi connectivity index (χ2v) is 4.34. The number of halogens is 3. The van der Waals surface area contributed by atoms with Crippen molar-refractivity contribution in [2.45, 2.75) is 45.1 Å². The molecule has 19 heavy (non-hydrogen) atoms. The number of carbonyl (C=O) groups excluding carboxylic acids is 1. The Morgan fingerprint density at radius 2 is 1.74 bits per heavy atom. The molecule has 0 heterocycles. The summed E-state index contributed by atoms with van der Waals surface area (Å²) in [5.41, 5.74) is 0. The molecular weight excluding hydrogens is 269 g/mol. The zero-order chi connectivity index (χ0) is 15.4. The van der Waals surface area contributed by atoms with E-state index in [4.69, 9.17) is 10.2 Å². The van der Waals surface area contributed by atoms with Crippen LogP contribution in [-0.4, -0.2) is 58.0 Å². The Hall–Kier alpha value is -1.51. The maximum Gasteiger partial charge on any atom is 0.406 e. The fourth-order valence-corrected chi connectivity index (χ4v) is 1.29. The lowest BCUT2D eigenvalue weighted by Gasteiger charge is -2.29. The quantitative estimate of drug-likeness (QED) is 0.697. The van der Waals surface area contributed by atoms with Crippen molar-refractivity contribution in [3.05, 3.63) is 0 Å². The standard InChI is InChI=1S/C10H17F3N2O4/c1-5(2)15(4-10(11,12)13)9(19)14-7(6(3)16)8(17)18/h5-7,16H,4H2,1-3H3,(H,14,19)(H,17,18)/t6-,7+/m1/s1. The van der Waals surface area contributed by atoms with Gasteiger partial charge in [-0.1, -0.05) is 0 Å². The highest BCUT2D eigenvalue weighted by Gasteiger charge is 2.36. The molecule has 0 saturated carbocycles. The Kier molecular flexibility index (Phi) is 6.07. The van der Waals surface area contributed by atoms with Gasteiger partial charge in [-0.15, -0.1) is 0 Å². The molecule has 2 amide bonds. The summed E-state index contributed by atoms with van der Waals surface area (Å²) in [4.78, 5) is 22.8. The van der Waals surface area contributed by atoms with Crippen molar-refractivity contribution < 1.29 is 33.0 Å². The summed E-state index contributed by atoms with van der Waals surface area (Å²) in [5.74, 6) is -1.53. The minimum absolute atomic E-state index is 0.443. The normalized spacial score (nSPS) is 14.9. The summed E-state index contributed by atoms with van der Waals surface area (Å²) in [6.45, 7) is 2.35. The minimum Gasteiger partial charge on any atom is -0.480 e. The number of carbonyl (C=O) groups is 2. The van der Waals surface area contributed by atoms with Crippen molar-refractivity contribution in [2.24, 2.45) is 0 Å². The first-order valence-corrected chi connectivity index (χ1v) is 5.50. The van der Waals surface area contributed by atoms with Crippen LogP contribution < -0.4 is 5.32 Å². The van der Waals surface area contributed by atoms with Crippen molar-refractivity contribution in [2.75, 3.05) is 6.54 Å². The maximum atomic E-state index is 12.3. The Morgan fingerprint density at radius 3 is 2.00 bits per heavy atom. The lowest BCUT2D eigenvalue weighted by atomic mass is 10.2. The second-order valence-electron chi connectivity index (χ2n) is 4.34. The summed E-state index contributed by atoms with van der Waals surface area (Å²) in [7, 11) is 0. The number of urea groups is 1. The molecule has 112 valence electrons. The van der Waals surface area contributed by atoms with Gasteiger partial charge >= 0.3 is 18.2 Å². The van der Waals surface area contributed by atoms with Gasteiger partial charge in [-0.05, 0) is 20.8 Å². The third-order valence-corrected chi connectivity index (χ3v) is 2.26. The molecule has 0 aromatic heterocycles. The van der Waals surface area contributed by atoms with Gasteiger partial charge in [-0.3, -0.25) is 0 Å². The number of carboxylic acids is 1. The predicted octanol–water partition coefficient (Wildman–Crippen LogP) is 0.803. The largest absolute Gasteiger partial charge is 0.480 e. The summed E-state index contributed by atoms with van der Waals surface area (Å²) < 4.78 is 36.9. The molecule has 0 aliphatic rings. The summed E-state index contributed by atoms with van der Waals surface area (Å²) in [6.07, 6.45) is -6.02. The van der Waals surface area contributed by atoms with Crippen LogP contribution in [-0.2, 0) is 4.79 Å². The van der Waals surface area contributed by atoms with Crippen molar-refractivity contribution in [3.8, 4) is 0 Å². The van der Waals surface area contributed by atoms with Crippen LogP contribution in [0.5, 0.6) is 0 Å². The Balaban J connectivity index is 4.87. The Morgan fingerprint density at radius 1 is 1.26 bits per heavy atom. The summed E-state index contributed by atoms with van der Waals surface area (Å²) >= 11 is 0. The van der Waals surface area contributed by atoms with Gasteiger partial charge in [0.25, 0.3) is 0 Å². The van der Waals surface area contributed by atoms with E-state index in [2.05, 4.69) is 0 Å². The van der Waals surface area contributed by atoms with E-state index in [1.807, 2.05) is 5.32 Å². The monoisotopic (exact) mass is 286 g/mol. The van der Waals surface area contributed by atoms with Gasteiger partial charge in [0.1, 0.15) is 6.54 Å². The van der Waals surface area contributed by atoms with Crippen LogP contribution in [0.15, 0.2) is 0 Å². The van der Waals surface area contributed by atoms with Crippen LogP contribution in [0, 0.1) is 0 Å². The molecule has 0 unspecified atom stereocenters. The van der Waals surface area contributed by atoms with Crippen molar-refractivity contribution in [3.63, 3.8) is 0 Å². The molecule has 0 fully saturated rings. The van der Waals surface area contributed by atoms with Crippen LogP contribution in [0.1, 0.15) is 20.8 Å². The fraction of sp³-hybridized carbons (Fsp3) is 0.800. The Labute approximate surface area is 108 Å². The number of aliphatic carboxylic acids is 1. The third-order valence-electron chi connectivity index (χ3n) is 2.26. The predicted molar refractivity (Wildman–Crippen MR) is 59.5 cm³/mol. The van der Waals surface area contributed by atoms with Crippen LogP contribution in [0.25, 0.3) is 0 Å². The molecule has 9 heteroatoms. The molecule has 0 radical (unpaired) electrons. The van der Waals surface area contributed by atoms with Crippen LogP contribution in [0.4, 0.5) is 18.0 Å². The molecule has 0 spiro atoms. The van der Waals surface area contributed by atoms with Crippen LogP contribution in [0.3, 0.4) is 0 Å². The van der Waals surface area contributed by atoms with Gasteiger partial charge in [0, 0.05) is 6.04 Å². The van der Waals surface area contributed by atoms with Crippen LogP contribution in [0.2, 0.25) is 0 Å². The lowest BCUT2D eigenvalue weighted by molar-refractivity contribution is -0.144. The number of amides is 2. The van der Waals surface area contributed by atoms with Gasteiger partial charge in [-0.25, -0.2) is 9.59 Å². The van der Waals surface area contributed by atoms with E-state index in [-0.39, 0.29) is 0 Å². The molecule has 0 bridgehead atoms. The SMILES string of the molecule is CC(C)N(CC(F)(F)F)C(=O)N[C@H](C(=O)O)[C@@H](C)O. The van der Waals surface area contributed by atoms with Gasteiger partial charge in [0.15, 0.2) is 6.04 Å². The first kappa shape index (κ1) is 17.5. The molecule has 0 aromatic rings. The van der Waals surface area contributed by atoms with Gasteiger partial charge in [-0.2, -0.15) is 13.2 Å². The number of nitrogens with one attached hydrogen (secondary N) is 1. The molecule has 0 aromatic carbocycles. The van der Waals surface area contributed by atoms with Crippen molar-refractivity contribution in [1.29, 1.82) is 0 Å². The topological polar surface area (TPSA) is 89.9 Å². The molecule has 0 aliphatic carbocycles. The van der Waals surface area contributed by atoms with Crippen molar-refractivity contribution >= 4 is 12.0 Å². The van der Waals surface area contributed by atoms with E-state index in [1.165, 1.54) is 13.8 Å². The minimum atomic E-state index is -4.59. The number of carboxylic acid groups (broad SMARTS) is 1. The number of aliphatic hydroxyl groups is 1. The number of rotatable bonds is 5. The zero-order valence-electron chi connectivity index (χ0n) is 10.7. The first-order valence-electron chi connectivity index (χ1n) is 5.50. The average Bonchev–Trinajstić information content (AvgIpc) is 2.19. The number of alkyl halides is 3. The molecule has 0 rings (SSSR count). The lowest BCUT2D eigenvalue weighted by Crippen LogP contribution is -2.55. The van der Waals surface area contributed by atoms with Crippen LogP contribution >= 0.6 is 0 Å². The molecular formula is C10H17F3N2O4. The van der Waals surface area contributed by atoms with Gasteiger partial charge < -0.3 is 20.4 Å². The number of hydrogen-bond donors (Lipinski definition) is 3. The zero-order valence-corrected chi connectivity index (χ0v) is 10.7. The maximum absolute atomic E-state index is 12.3. The number of hydrogen-bond acceptors (Lipinski definition) is 3. The van der Waals surface area contributed by atoms with E-state index in [0.717, 1.165) is 6.92 Å². The average molecular weight is 286 g/mol. The highest BCUT2D eigenvalue weighted by molar-refractivity contribution is 5.83. The number of nitrogens with zero attached hydrogens (tertiary/aromatic N) is 1.